The Morgan fingerprint density at radius 3 is 2.21 bits per heavy atom. The molecular weight excluding hydrogens is 294 g/mol. The van der Waals surface area contributed by atoms with E-state index in [-0.39, 0.29) is 41.5 Å². The Balaban J connectivity index is 0. The van der Waals surface area contributed by atoms with Crippen molar-refractivity contribution in [1.29, 1.82) is 0 Å². The van der Waals surface area contributed by atoms with Gasteiger partial charge < -0.3 is 4.89 Å². The van der Waals surface area contributed by atoms with Crippen LogP contribution in [-0.4, -0.2) is 24.0 Å². The predicted octanol–water partition coefficient (Wildman–Crippen LogP) is 2.98. The molecule has 0 radical (unpaired) electrons. The van der Waals surface area contributed by atoms with Crippen molar-refractivity contribution in [3.05, 3.63) is 0 Å². The first-order valence-electron chi connectivity index (χ1n) is 3.95. The summed E-state index contributed by atoms with van der Waals surface area (Å²) in [6, 6.07) is 0. The van der Waals surface area contributed by atoms with Crippen LogP contribution in [0.2, 0.25) is 0 Å². The molecule has 14 heavy (non-hydrogen) atoms. The van der Waals surface area contributed by atoms with Gasteiger partial charge in [0.2, 0.25) is 0 Å². The number of hydrogen-bond donors (Lipinski definition) is 1. The van der Waals surface area contributed by atoms with Crippen molar-refractivity contribution in [2.75, 3.05) is 19.1 Å². The fourth-order valence-electron chi connectivity index (χ4n) is 0.462. The van der Waals surface area contributed by atoms with Gasteiger partial charge >= 0.3 is 7.82 Å². The summed E-state index contributed by atoms with van der Waals surface area (Å²) < 4.78 is 20.3. The SMILES string of the molecule is Br.CC(C)(C)COP(=O)(O)OCCCl. The molecule has 1 atom stereocenters. The van der Waals surface area contributed by atoms with Gasteiger partial charge in [0, 0.05) is 5.88 Å². The molecule has 1 unspecified atom stereocenters. The van der Waals surface area contributed by atoms with Crippen LogP contribution in [0.25, 0.3) is 0 Å². The van der Waals surface area contributed by atoms with Gasteiger partial charge in [-0.15, -0.1) is 28.6 Å². The summed E-state index contributed by atoms with van der Waals surface area (Å²) in [6.07, 6.45) is 0. The number of hydrogen-bond acceptors (Lipinski definition) is 3. The molecule has 0 aliphatic carbocycles. The van der Waals surface area contributed by atoms with E-state index < -0.39 is 7.82 Å². The highest BCUT2D eigenvalue weighted by atomic mass is 79.9. The monoisotopic (exact) mass is 310 g/mol. The van der Waals surface area contributed by atoms with E-state index in [0.717, 1.165) is 0 Å². The second-order valence-corrected chi connectivity index (χ2v) is 5.66. The van der Waals surface area contributed by atoms with Crippen molar-refractivity contribution >= 4 is 36.4 Å². The summed E-state index contributed by atoms with van der Waals surface area (Å²) in [5.41, 5.74) is -0.164. The molecule has 1 N–H and O–H groups in total. The maximum Gasteiger partial charge on any atom is 0.472 e. The summed E-state index contributed by atoms with van der Waals surface area (Å²) >= 11 is 5.28. The highest BCUT2D eigenvalue weighted by Crippen LogP contribution is 2.44. The average Bonchev–Trinajstić information content (AvgIpc) is 1.97. The minimum atomic E-state index is -3.89. The lowest BCUT2D eigenvalue weighted by Gasteiger charge is -2.20. The number of alkyl halides is 1. The minimum absolute atomic E-state index is 0. The molecule has 0 saturated heterocycles. The van der Waals surface area contributed by atoms with Crippen LogP contribution in [0.15, 0.2) is 0 Å². The van der Waals surface area contributed by atoms with Gasteiger partial charge in [-0.2, -0.15) is 0 Å². The van der Waals surface area contributed by atoms with E-state index in [1.807, 2.05) is 20.8 Å². The zero-order valence-electron chi connectivity index (χ0n) is 8.53. The molecule has 0 heterocycles. The van der Waals surface area contributed by atoms with Crippen LogP contribution in [0, 0.1) is 5.41 Å². The minimum Gasteiger partial charge on any atom is -0.302 e. The molecule has 0 fully saturated rings. The molecule has 0 aliphatic rings. The Kier molecular flexibility index (Phi) is 8.89. The van der Waals surface area contributed by atoms with Crippen molar-refractivity contribution in [1.82, 2.24) is 0 Å². The molecular formula is C7H17BrClO4P. The zero-order chi connectivity index (χ0) is 10.5. The van der Waals surface area contributed by atoms with Crippen molar-refractivity contribution in [2.45, 2.75) is 20.8 Å². The van der Waals surface area contributed by atoms with Gasteiger partial charge in [-0.05, 0) is 5.41 Å². The van der Waals surface area contributed by atoms with Gasteiger partial charge in [-0.25, -0.2) is 4.57 Å². The molecule has 7 heteroatoms. The van der Waals surface area contributed by atoms with Crippen LogP contribution in [-0.2, 0) is 13.6 Å². The molecule has 0 aromatic rings. The maximum absolute atomic E-state index is 11.1. The summed E-state index contributed by atoms with van der Waals surface area (Å²) in [5, 5.41) is 0. The third-order valence-electron chi connectivity index (χ3n) is 0.992. The lowest BCUT2D eigenvalue weighted by molar-refractivity contribution is 0.115. The molecule has 0 spiro atoms. The molecule has 0 amide bonds. The summed E-state index contributed by atoms with van der Waals surface area (Å²) in [6.45, 7) is 5.88. The summed E-state index contributed by atoms with van der Waals surface area (Å²) in [5.74, 6) is 0.170. The standard InChI is InChI=1S/C7H16ClO4P.BrH/c1-7(2,3)6-12-13(9,10)11-5-4-8;/h4-6H2,1-3H3,(H,9,10);1H. The summed E-state index contributed by atoms with van der Waals surface area (Å²) in [4.78, 5) is 9.06. The van der Waals surface area contributed by atoms with E-state index in [4.69, 9.17) is 21.0 Å². The van der Waals surface area contributed by atoms with Gasteiger partial charge in [-0.1, -0.05) is 20.8 Å². The number of rotatable bonds is 5. The van der Waals surface area contributed by atoms with Crippen LogP contribution in [0.5, 0.6) is 0 Å². The van der Waals surface area contributed by atoms with E-state index in [1.54, 1.807) is 0 Å². The number of phosphoric acid groups is 1. The maximum atomic E-state index is 11.1. The second kappa shape index (κ2) is 7.20. The van der Waals surface area contributed by atoms with E-state index in [9.17, 15) is 4.57 Å². The van der Waals surface area contributed by atoms with Crippen molar-refractivity contribution in [3.8, 4) is 0 Å². The fraction of sp³-hybridized carbons (Fsp3) is 1.00. The molecule has 0 aromatic carbocycles. The van der Waals surface area contributed by atoms with Gasteiger partial charge in [0.05, 0.1) is 13.2 Å². The quantitative estimate of drug-likeness (QED) is 0.626. The van der Waals surface area contributed by atoms with E-state index in [0.29, 0.717) is 0 Å². The van der Waals surface area contributed by atoms with Crippen LogP contribution in [0.4, 0.5) is 0 Å². The topological polar surface area (TPSA) is 55.8 Å². The van der Waals surface area contributed by atoms with Crippen LogP contribution in [0.3, 0.4) is 0 Å². The first-order valence-corrected chi connectivity index (χ1v) is 5.98. The van der Waals surface area contributed by atoms with E-state index in [1.165, 1.54) is 0 Å². The Morgan fingerprint density at radius 2 is 1.86 bits per heavy atom. The summed E-state index contributed by atoms with van der Waals surface area (Å²) in [7, 11) is -3.89. The van der Waals surface area contributed by atoms with Gasteiger partial charge in [0.25, 0.3) is 0 Å². The van der Waals surface area contributed by atoms with Crippen molar-refractivity contribution in [2.24, 2.45) is 5.41 Å². The van der Waals surface area contributed by atoms with Crippen LogP contribution in [0.1, 0.15) is 20.8 Å². The van der Waals surface area contributed by atoms with E-state index in [2.05, 4.69) is 4.52 Å². The zero-order valence-corrected chi connectivity index (χ0v) is 11.9. The third kappa shape index (κ3) is 11.0. The fourth-order valence-corrected chi connectivity index (χ4v) is 1.59. The number of phosphoric ester groups is 1. The molecule has 0 saturated carbocycles. The van der Waals surface area contributed by atoms with Crippen molar-refractivity contribution in [3.63, 3.8) is 0 Å². The highest BCUT2D eigenvalue weighted by molar-refractivity contribution is 8.93. The van der Waals surface area contributed by atoms with E-state index >= 15 is 0 Å². The Bertz CT molecular complexity index is 195. The first-order chi connectivity index (χ1) is 5.77. The largest absolute Gasteiger partial charge is 0.472 e. The van der Waals surface area contributed by atoms with Crippen molar-refractivity contribution < 1.29 is 18.5 Å². The smallest absolute Gasteiger partial charge is 0.302 e. The average molecular weight is 312 g/mol. The molecule has 88 valence electrons. The Hall–Kier alpha value is 0.880. The highest BCUT2D eigenvalue weighted by Gasteiger charge is 2.23. The Morgan fingerprint density at radius 1 is 1.36 bits per heavy atom. The number of halogens is 2. The van der Waals surface area contributed by atoms with Gasteiger partial charge in [0.1, 0.15) is 0 Å². The molecule has 0 aromatic heterocycles. The lowest BCUT2D eigenvalue weighted by Crippen LogP contribution is -2.14. The molecule has 4 nitrogen and oxygen atoms in total. The molecule has 0 rings (SSSR count). The lowest BCUT2D eigenvalue weighted by atomic mass is 9.99. The Labute approximate surface area is 100 Å². The van der Waals surface area contributed by atoms with Crippen LogP contribution >= 0.6 is 36.4 Å². The van der Waals surface area contributed by atoms with Gasteiger partial charge in [0.15, 0.2) is 0 Å². The third-order valence-corrected chi connectivity index (χ3v) is 2.11. The predicted molar refractivity (Wildman–Crippen MR) is 62.2 cm³/mol. The first kappa shape index (κ1) is 17.3. The second-order valence-electron chi connectivity index (χ2n) is 3.82. The van der Waals surface area contributed by atoms with Crippen LogP contribution < -0.4 is 0 Å². The normalized spacial score (nSPS) is 15.8. The van der Waals surface area contributed by atoms with Gasteiger partial charge in [-0.3, -0.25) is 9.05 Å². The molecule has 0 bridgehead atoms. The molecule has 0 aliphatic heterocycles.